The molecule has 3 rings (SSSR count). The van der Waals surface area contributed by atoms with Gasteiger partial charge in [-0.05, 0) is 54.7 Å². The minimum Gasteiger partial charge on any atom is -0.298 e. The van der Waals surface area contributed by atoms with Crippen LogP contribution >= 0.6 is 11.8 Å². The fourth-order valence-corrected chi connectivity index (χ4v) is 3.45. The first-order chi connectivity index (χ1) is 9.28. The van der Waals surface area contributed by atoms with Crippen molar-refractivity contribution in [3.63, 3.8) is 0 Å². The third-order valence-corrected chi connectivity index (χ3v) is 4.49. The zero-order chi connectivity index (χ0) is 13.2. The van der Waals surface area contributed by atoms with Crippen molar-refractivity contribution in [3.05, 3.63) is 58.9 Å². The lowest BCUT2D eigenvalue weighted by Gasteiger charge is -2.07. The minimum absolute atomic E-state index is 0.146. The topological polar surface area (TPSA) is 17.1 Å². The molecule has 1 aliphatic carbocycles. The highest BCUT2D eigenvalue weighted by atomic mass is 32.2. The molecule has 0 aliphatic heterocycles. The number of fused-ring (bicyclic) bond motifs is 1. The Morgan fingerprint density at radius 2 is 1.95 bits per heavy atom. The van der Waals surface area contributed by atoms with E-state index in [0.29, 0.717) is 11.2 Å². The summed E-state index contributed by atoms with van der Waals surface area (Å²) in [6.45, 7) is 0. The van der Waals surface area contributed by atoms with Gasteiger partial charge in [-0.2, -0.15) is 0 Å². The molecule has 0 unspecified atom stereocenters. The first-order valence-electron chi connectivity index (χ1n) is 6.31. The van der Waals surface area contributed by atoms with Crippen LogP contribution in [-0.4, -0.2) is 6.29 Å². The van der Waals surface area contributed by atoms with Crippen LogP contribution in [0, 0.1) is 5.82 Å². The van der Waals surface area contributed by atoms with E-state index in [1.54, 1.807) is 12.1 Å². The molecule has 0 heterocycles. The average molecular weight is 272 g/mol. The second-order valence-electron chi connectivity index (χ2n) is 4.66. The van der Waals surface area contributed by atoms with Gasteiger partial charge in [-0.15, -0.1) is 0 Å². The first-order valence-corrected chi connectivity index (χ1v) is 7.13. The maximum Gasteiger partial charge on any atom is 0.154 e. The van der Waals surface area contributed by atoms with Crippen LogP contribution in [0.5, 0.6) is 0 Å². The number of rotatable bonds is 3. The molecule has 0 saturated heterocycles. The second-order valence-corrected chi connectivity index (χ2v) is 5.77. The highest BCUT2D eigenvalue weighted by Gasteiger charge is 2.13. The first kappa shape index (κ1) is 12.4. The summed E-state index contributed by atoms with van der Waals surface area (Å²) in [5, 5.41) is 0. The van der Waals surface area contributed by atoms with Gasteiger partial charge in [0.05, 0.1) is 5.56 Å². The van der Waals surface area contributed by atoms with Crippen LogP contribution < -0.4 is 0 Å². The van der Waals surface area contributed by atoms with Crippen molar-refractivity contribution in [2.75, 3.05) is 0 Å². The Hall–Kier alpha value is -1.61. The maximum atomic E-state index is 13.5. The number of carbonyl (C=O) groups excluding carboxylic acids is 1. The van der Waals surface area contributed by atoms with Gasteiger partial charge in [0.25, 0.3) is 0 Å². The summed E-state index contributed by atoms with van der Waals surface area (Å²) in [5.41, 5.74) is 2.95. The molecule has 0 radical (unpaired) electrons. The minimum atomic E-state index is -0.457. The summed E-state index contributed by atoms with van der Waals surface area (Å²) in [6.07, 6.45) is 4.07. The molecule has 0 atom stereocenters. The van der Waals surface area contributed by atoms with E-state index in [4.69, 9.17) is 0 Å². The summed E-state index contributed by atoms with van der Waals surface area (Å²) in [6, 6.07) is 11.1. The number of aldehydes is 1. The predicted molar refractivity (Wildman–Crippen MR) is 74.4 cm³/mol. The summed E-state index contributed by atoms with van der Waals surface area (Å²) in [4.78, 5) is 12.7. The van der Waals surface area contributed by atoms with Crippen molar-refractivity contribution in [3.8, 4) is 0 Å². The van der Waals surface area contributed by atoms with Gasteiger partial charge in [0.2, 0.25) is 0 Å². The Bertz CT molecular complexity index is 637. The Morgan fingerprint density at radius 1 is 1.11 bits per heavy atom. The normalized spacial score (nSPS) is 13.3. The van der Waals surface area contributed by atoms with Gasteiger partial charge in [0.15, 0.2) is 6.29 Å². The molecule has 1 aliphatic rings. The molecule has 0 aromatic heterocycles. The number of hydrogen-bond donors (Lipinski definition) is 0. The average Bonchev–Trinajstić information content (AvgIpc) is 2.86. The van der Waals surface area contributed by atoms with Gasteiger partial charge >= 0.3 is 0 Å². The summed E-state index contributed by atoms with van der Waals surface area (Å²) >= 11 is 1.45. The highest BCUT2D eigenvalue weighted by Crippen LogP contribution is 2.33. The van der Waals surface area contributed by atoms with E-state index < -0.39 is 5.82 Å². The molecule has 96 valence electrons. The number of hydrogen-bond acceptors (Lipinski definition) is 2. The van der Waals surface area contributed by atoms with Crippen LogP contribution in [0.3, 0.4) is 0 Å². The van der Waals surface area contributed by atoms with E-state index in [2.05, 4.69) is 12.1 Å². The lowest BCUT2D eigenvalue weighted by molar-refractivity contribution is 0.111. The number of halogens is 1. The van der Waals surface area contributed by atoms with Gasteiger partial charge in [0, 0.05) is 9.79 Å². The van der Waals surface area contributed by atoms with E-state index in [0.717, 1.165) is 17.7 Å². The van der Waals surface area contributed by atoms with Crippen LogP contribution in [0.2, 0.25) is 0 Å². The fraction of sp³-hybridized carbons (Fsp3) is 0.188. The third kappa shape index (κ3) is 2.43. The number of aryl methyl sites for hydroxylation is 2. The molecule has 0 N–H and O–H groups in total. The Kier molecular flexibility index (Phi) is 3.38. The molecular weight excluding hydrogens is 259 g/mol. The zero-order valence-electron chi connectivity index (χ0n) is 10.4. The summed E-state index contributed by atoms with van der Waals surface area (Å²) < 4.78 is 13.5. The quantitative estimate of drug-likeness (QED) is 0.776. The molecule has 2 aromatic carbocycles. The smallest absolute Gasteiger partial charge is 0.154 e. The van der Waals surface area contributed by atoms with Crippen molar-refractivity contribution >= 4 is 18.0 Å². The molecule has 0 amide bonds. The Morgan fingerprint density at radius 3 is 2.79 bits per heavy atom. The molecule has 3 heteroatoms. The molecule has 19 heavy (non-hydrogen) atoms. The largest absolute Gasteiger partial charge is 0.298 e. The van der Waals surface area contributed by atoms with Crippen LogP contribution in [0.4, 0.5) is 4.39 Å². The monoisotopic (exact) mass is 272 g/mol. The van der Waals surface area contributed by atoms with Crippen LogP contribution in [0.15, 0.2) is 46.2 Å². The van der Waals surface area contributed by atoms with Crippen LogP contribution in [0.25, 0.3) is 0 Å². The lowest BCUT2D eigenvalue weighted by atomic mass is 10.1. The van der Waals surface area contributed by atoms with E-state index >= 15 is 0 Å². The standard InChI is InChI=1S/C16H13FOS/c17-15-5-2-6-16(14(15)10-18)19-13-8-7-11-3-1-4-12(11)9-13/h2,5-10H,1,3-4H2. The predicted octanol–water partition coefficient (Wildman–Crippen LogP) is 4.28. The van der Waals surface area contributed by atoms with E-state index in [9.17, 15) is 9.18 Å². The van der Waals surface area contributed by atoms with E-state index in [1.165, 1.54) is 35.4 Å². The number of benzene rings is 2. The lowest BCUT2D eigenvalue weighted by Crippen LogP contribution is -1.91. The van der Waals surface area contributed by atoms with Gasteiger partial charge in [-0.3, -0.25) is 4.79 Å². The van der Waals surface area contributed by atoms with Gasteiger partial charge < -0.3 is 0 Å². The molecule has 0 saturated carbocycles. The molecule has 0 bridgehead atoms. The summed E-state index contributed by atoms with van der Waals surface area (Å²) in [5.74, 6) is -0.457. The van der Waals surface area contributed by atoms with E-state index in [1.807, 2.05) is 6.07 Å². The Labute approximate surface area is 115 Å². The van der Waals surface area contributed by atoms with Gasteiger partial charge in [-0.25, -0.2) is 4.39 Å². The van der Waals surface area contributed by atoms with Crippen LogP contribution in [-0.2, 0) is 12.8 Å². The molecular formula is C16H13FOS. The third-order valence-electron chi connectivity index (χ3n) is 3.43. The Balaban J connectivity index is 1.93. The van der Waals surface area contributed by atoms with Crippen molar-refractivity contribution in [1.82, 2.24) is 0 Å². The van der Waals surface area contributed by atoms with Crippen LogP contribution in [0.1, 0.15) is 27.9 Å². The van der Waals surface area contributed by atoms with Crippen molar-refractivity contribution < 1.29 is 9.18 Å². The van der Waals surface area contributed by atoms with Gasteiger partial charge in [-0.1, -0.05) is 23.9 Å². The van der Waals surface area contributed by atoms with E-state index in [-0.39, 0.29) is 5.56 Å². The van der Waals surface area contributed by atoms with Crippen molar-refractivity contribution in [2.24, 2.45) is 0 Å². The zero-order valence-corrected chi connectivity index (χ0v) is 11.2. The second kappa shape index (κ2) is 5.17. The molecule has 0 spiro atoms. The molecule has 0 fully saturated rings. The summed E-state index contributed by atoms with van der Waals surface area (Å²) in [7, 11) is 0. The van der Waals surface area contributed by atoms with Crippen molar-refractivity contribution in [2.45, 2.75) is 29.1 Å². The molecule has 2 aromatic rings. The highest BCUT2D eigenvalue weighted by molar-refractivity contribution is 7.99. The number of carbonyl (C=O) groups is 1. The fourth-order valence-electron chi connectivity index (χ4n) is 2.46. The maximum absolute atomic E-state index is 13.5. The SMILES string of the molecule is O=Cc1c(F)cccc1Sc1ccc2c(c1)CCC2. The van der Waals surface area contributed by atoms with Crippen molar-refractivity contribution in [1.29, 1.82) is 0 Å². The van der Waals surface area contributed by atoms with Gasteiger partial charge in [0.1, 0.15) is 5.82 Å². The molecule has 1 nitrogen and oxygen atoms in total.